The molecule has 1 saturated heterocycles. The SMILES string of the molecule is Cc1cccc(CNC2CCN(C(C)C)CC2)c1C. The van der Waals surface area contributed by atoms with Crippen LogP contribution in [0.5, 0.6) is 0 Å². The summed E-state index contributed by atoms with van der Waals surface area (Å²) in [7, 11) is 0. The van der Waals surface area contributed by atoms with Gasteiger partial charge >= 0.3 is 0 Å². The molecule has 0 aromatic heterocycles. The van der Waals surface area contributed by atoms with Crippen molar-refractivity contribution in [2.45, 2.75) is 59.2 Å². The fourth-order valence-corrected chi connectivity index (χ4v) is 2.88. The largest absolute Gasteiger partial charge is 0.310 e. The van der Waals surface area contributed by atoms with E-state index in [9.17, 15) is 0 Å². The molecule has 106 valence electrons. The number of nitrogens with one attached hydrogen (secondary N) is 1. The van der Waals surface area contributed by atoms with Gasteiger partial charge in [0.15, 0.2) is 0 Å². The minimum atomic E-state index is 0.690. The van der Waals surface area contributed by atoms with Crippen LogP contribution in [0.2, 0.25) is 0 Å². The molecule has 1 heterocycles. The van der Waals surface area contributed by atoms with Gasteiger partial charge in [0, 0.05) is 18.6 Å². The van der Waals surface area contributed by atoms with Gasteiger partial charge in [-0.25, -0.2) is 0 Å². The van der Waals surface area contributed by atoms with Crippen LogP contribution in [0.15, 0.2) is 18.2 Å². The topological polar surface area (TPSA) is 15.3 Å². The second kappa shape index (κ2) is 6.53. The Morgan fingerprint density at radius 1 is 1.21 bits per heavy atom. The van der Waals surface area contributed by atoms with Crippen molar-refractivity contribution in [3.63, 3.8) is 0 Å². The molecule has 1 fully saturated rings. The number of aryl methyl sites for hydroxylation is 1. The van der Waals surface area contributed by atoms with Crippen molar-refractivity contribution in [1.29, 1.82) is 0 Å². The lowest BCUT2D eigenvalue weighted by molar-refractivity contribution is 0.161. The molecule has 2 nitrogen and oxygen atoms in total. The molecule has 2 rings (SSSR count). The van der Waals surface area contributed by atoms with Crippen LogP contribution in [0.25, 0.3) is 0 Å². The van der Waals surface area contributed by atoms with Crippen molar-refractivity contribution in [3.05, 3.63) is 34.9 Å². The maximum Gasteiger partial charge on any atom is 0.0210 e. The van der Waals surface area contributed by atoms with Gasteiger partial charge in [0.05, 0.1) is 0 Å². The van der Waals surface area contributed by atoms with Crippen molar-refractivity contribution in [2.75, 3.05) is 13.1 Å². The zero-order chi connectivity index (χ0) is 13.8. The highest BCUT2D eigenvalue weighted by atomic mass is 15.2. The molecule has 0 aliphatic carbocycles. The van der Waals surface area contributed by atoms with E-state index in [1.165, 1.54) is 42.6 Å². The highest BCUT2D eigenvalue weighted by Crippen LogP contribution is 2.16. The second-order valence-electron chi connectivity index (χ2n) is 6.14. The maximum absolute atomic E-state index is 3.74. The minimum Gasteiger partial charge on any atom is -0.310 e. The summed E-state index contributed by atoms with van der Waals surface area (Å²) in [5.41, 5.74) is 4.29. The van der Waals surface area contributed by atoms with Crippen LogP contribution in [0, 0.1) is 13.8 Å². The number of hydrogen-bond acceptors (Lipinski definition) is 2. The maximum atomic E-state index is 3.74. The first-order valence-electron chi connectivity index (χ1n) is 7.60. The van der Waals surface area contributed by atoms with E-state index in [2.05, 4.69) is 56.1 Å². The van der Waals surface area contributed by atoms with Gasteiger partial charge < -0.3 is 10.2 Å². The fourth-order valence-electron chi connectivity index (χ4n) is 2.88. The molecule has 19 heavy (non-hydrogen) atoms. The summed E-state index contributed by atoms with van der Waals surface area (Å²) >= 11 is 0. The van der Waals surface area contributed by atoms with Gasteiger partial charge in [-0.2, -0.15) is 0 Å². The van der Waals surface area contributed by atoms with Crippen molar-refractivity contribution in [1.82, 2.24) is 10.2 Å². The molecule has 0 bridgehead atoms. The average molecular weight is 260 g/mol. The van der Waals surface area contributed by atoms with E-state index in [1.54, 1.807) is 0 Å². The molecule has 0 spiro atoms. The van der Waals surface area contributed by atoms with E-state index < -0.39 is 0 Å². The molecular weight excluding hydrogens is 232 g/mol. The second-order valence-corrected chi connectivity index (χ2v) is 6.14. The number of rotatable bonds is 4. The molecule has 2 heteroatoms. The number of benzene rings is 1. The Morgan fingerprint density at radius 2 is 1.89 bits per heavy atom. The molecule has 0 radical (unpaired) electrons. The predicted octanol–water partition coefficient (Wildman–Crippen LogP) is 3.27. The van der Waals surface area contributed by atoms with Crippen LogP contribution in [0.3, 0.4) is 0 Å². The van der Waals surface area contributed by atoms with Crippen LogP contribution < -0.4 is 5.32 Å². The van der Waals surface area contributed by atoms with Gasteiger partial charge in [-0.3, -0.25) is 0 Å². The quantitative estimate of drug-likeness (QED) is 0.894. The first kappa shape index (κ1) is 14.5. The Labute approximate surface area is 118 Å². The highest BCUT2D eigenvalue weighted by Gasteiger charge is 2.20. The first-order chi connectivity index (χ1) is 9.08. The highest BCUT2D eigenvalue weighted by molar-refractivity contribution is 5.32. The molecule has 1 aliphatic rings. The Hall–Kier alpha value is -0.860. The van der Waals surface area contributed by atoms with E-state index in [1.807, 2.05) is 0 Å². The third-order valence-electron chi connectivity index (χ3n) is 4.56. The van der Waals surface area contributed by atoms with E-state index in [4.69, 9.17) is 0 Å². The van der Waals surface area contributed by atoms with Crippen LogP contribution in [-0.2, 0) is 6.54 Å². The smallest absolute Gasteiger partial charge is 0.0210 e. The monoisotopic (exact) mass is 260 g/mol. The van der Waals surface area contributed by atoms with Gasteiger partial charge in [-0.05, 0) is 70.3 Å². The van der Waals surface area contributed by atoms with E-state index in [0.29, 0.717) is 12.1 Å². The van der Waals surface area contributed by atoms with Gasteiger partial charge in [0.1, 0.15) is 0 Å². The average Bonchev–Trinajstić information content (AvgIpc) is 2.41. The molecule has 0 atom stereocenters. The Kier molecular flexibility index (Phi) is 5.00. The number of hydrogen-bond donors (Lipinski definition) is 1. The van der Waals surface area contributed by atoms with Gasteiger partial charge in [-0.15, -0.1) is 0 Å². The van der Waals surface area contributed by atoms with Crippen molar-refractivity contribution >= 4 is 0 Å². The molecule has 0 unspecified atom stereocenters. The third-order valence-corrected chi connectivity index (χ3v) is 4.56. The standard InChI is InChI=1S/C17H28N2/c1-13(2)19-10-8-17(9-11-19)18-12-16-7-5-6-14(3)15(16)4/h5-7,13,17-18H,8-12H2,1-4H3. The van der Waals surface area contributed by atoms with Crippen molar-refractivity contribution < 1.29 is 0 Å². The van der Waals surface area contributed by atoms with E-state index in [-0.39, 0.29) is 0 Å². The minimum absolute atomic E-state index is 0.690. The number of likely N-dealkylation sites (tertiary alicyclic amines) is 1. The molecule has 0 saturated carbocycles. The molecule has 1 N–H and O–H groups in total. The first-order valence-corrected chi connectivity index (χ1v) is 7.60. The summed E-state index contributed by atoms with van der Waals surface area (Å²) in [6.07, 6.45) is 2.56. The van der Waals surface area contributed by atoms with Gasteiger partial charge in [-0.1, -0.05) is 18.2 Å². The third kappa shape index (κ3) is 3.80. The van der Waals surface area contributed by atoms with E-state index >= 15 is 0 Å². The summed E-state index contributed by atoms with van der Waals surface area (Å²) < 4.78 is 0. The lowest BCUT2D eigenvalue weighted by Gasteiger charge is -2.35. The van der Waals surface area contributed by atoms with Crippen molar-refractivity contribution in [2.24, 2.45) is 0 Å². The Morgan fingerprint density at radius 3 is 2.53 bits per heavy atom. The van der Waals surface area contributed by atoms with E-state index in [0.717, 1.165) is 6.54 Å². The molecule has 0 amide bonds. The van der Waals surface area contributed by atoms with Crippen LogP contribution >= 0.6 is 0 Å². The van der Waals surface area contributed by atoms with Gasteiger partial charge in [0.2, 0.25) is 0 Å². The zero-order valence-corrected chi connectivity index (χ0v) is 12.9. The van der Waals surface area contributed by atoms with Crippen molar-refractivity contribution in [3.8, 4) is 0 Å². The zero-order valence-electron chi connectivity index (χ0n) is 12.9. The lowest BCUT2D eigenvalue weighted by Crippen LogP contribution is -2.44. The summed E-state index contributed by atoms with van der Waals surface area (Å²) in [4.78, 5) is 2.58. The normalized spacial score (nSPS) is 18.2. The summed E-state index contributed by atoms with van der Waals surface area (Å²) in [5.74, 6) is 0. The summed E-state index contributed by atoms with van der Waals surface area (Å²) in [6.45, 7) is 12.5. The summed E-state index contributed by atoms with van der Waals surface area (Å²) in [5, 5.41) is 3.74. The van der Waals surface area contributed by atoms with Crippen LogP contribution in [0.4, 0.5) is 0 Å². The summed E-state index contributed by atoms with van der Waals surface area (Å²) in [6, 6.07) is 7.99. The fraction of sp³-hybridized carbons (Fsp3) is 0.647. The Bertz CT molecular complexity index is 404. The lowest BCUT2D eigenvalue weighted by atomic mass is 10.0. The van der Waals surface area contributed by atoms with Crippen LogP contribution in [0.1, 0.15) is 43.4 Å². The van der Waals surface area contributed by atoms with Gasteiger partial charge in [0.25, 0.3) is 0 Å². The van der Waals surface area contributed by atoms with Crippen LogP contribution in [-0.4, -0.2) is 30.1 Å². The predicted molar refractivity (Wildman–Crippen MR) is 82.5 cm³/mol. The molecule has 1 aliphatic heterocycles. The molecule has 1 aromatic rings. The molecule has 1 aromatic carbocycles. The number of nitrogens with zero attached hydrogens (tertiary/aromatic N) is 1. The molecular formula is C17H28N2. The number of piperidine rings is 1. The Balaban J connectivity index is 1.82.